The van der Waals surface area contributed by atoms with Gasteiger partial charge in [-0.1, -0.05) is 22.6 Å². The summed E-state index contributed by atoms with van der Waals surface area (Å²) in [5.74, 6) is 0. The lowest BCUT2D eigenvalue weighted by atomic mass is 10.1. The number of hydrogen-bond donors (Lipinski definition) is 1. The Morgan fingerprint density at radius 3 is 2.45 bits per heavy atom. The Bertz CT molecular complexity index is 131. The van der Waals surface area contributed by atoms with Crippen molar-refractivity contribution in [1.29, 1.82) is 0 Å². The van der Waals surface area contributed by atoms with Crippen LogP contribution in [0, 0.1) is 0 Å². The molecule has 3 nitrogen and oxygen atoms in total. The summed E-state index contributed by atoms with van der Waals surface area (Å²) in [5, 5.41) is 2.69. The summed E-state index contributed by atoms with van der Waals surface area (Å²) in [5.41, 5.74) is -0.206. The average molecular weight is 271 g/mol. The highest BCUT2D eigenvalue weighted by Crippen LogP contribution is 1.98. The first-order chi connectivity index (χ1) is 4.95. The second kappa shape index (κ2) is 4.79. The highest BCUT2D eigenvalue weighted by Gasteiger charge is 2.13. The molecule has 1 N–H and O–H groups in total. The second-order valence-electron chi connectivity index (χ2n) is 3.20. The monoisotopic (exact) mass is 271 g/mol. The Balaban J connectivity index is 3.53. The third-order valence-electron chi connectivity index (χ3n) is 0.787. The predicted octanol–water partition coefficient (Wildman–Crippen LogP) is 1.95. The van der Waals surface area contributed by atoms with E-state index >= 15 is 0 Å². The van der Waals surface area contributed by atoms with Gasteiger partial charge in [0.1, 0.15) is 6.61 Å². The number of nitrogens with one attached hydrogen (secondary N) is 1. The van der Waals surface area contributed by atoms with E-state index in [-0.39, 0.29) is 11.6 Å². The second-order valence-corrected chi connectivity index (χ2v) is 4.28. The van der Waals surface area contributed by atoms with E-state index < -0.39 is 0 Å². The van der Waals surface area contributed by atoms with Crippen LogP contribution in [0.15, 0.2) is 0 Å². The number of ether oxygens (including phenoxy) is 1. The topological polar surface area (TPSA) is 38.3 Å². The molecule has 11 heavy (non-hydrogen) atoms. The quantitative estimate of drug-likeness (QED) is 0.615. The number of alkyl halides is 1. The van der Waals surface area contributed by atoms with Crippen molar-refractivity contribution in [1.82, 2.24) is 5.32 Å². The Labute approximate surface area is 81.0 Å². The molecule has 0 spiro atoms. The molecule has 0 unspecified atom stereocenters. The molecule has 0 rings (SSSR count). The first kappa shape index (κ1) is 11.0. The van der Waals surface area contributed by atoms with Crippen molar-refractivity contribution < 1.29 is 9.53 Å². The van der Waals surface area contributed by atoms with Crippen LogP contribution >= 0.6 is 22.6 Å². The number of rotatable bonds is 2. The van der Waals surface area contributed by atoms with E-state index in [4.69, 9.17) is 4.74 Å². The highest BCUT2D eigenvalue weighted by atomic mass is 127. The molecule has 0 aromatic carbocycles. The zero-order valence-electron chi connectivity index (χ0n) is 7.11. The van der Waals surface area contributed by atoms with Gasteiger partial charge >= 0.3 is 6.09 Å². The fraction of sp³-hybridized carbons (Fsp3) is 0.857. The first-order valence-electron chi connectivity index (χ1n) is 3.46. The van der Waals surface area contributed by atoms with Gasteiger partial charge in [0, 0.05) is 9.97 Å². The van der Waals surface area contributed by atoms with Crippen molar-refractivity contribution in [3.63, 3.8) is 0 Å². The number of alkyl carbamates (subject to hydrolysis) is 1. The molecule has 0 radical (unpaired) electrons. The van der Waals surface area contributed by atoms with Crippen LogP contribution < -0.4 is 5.32 Å². The highest BCUT2D eigenvalue weighted by molar-refractivity contribution is 14.1. The standard InChI is InChI=1S/C7H14INO2/c1-7(2,3)9-6(10)11-5-4-8/h4-5H2,1-3H3,(H,9,10). The van der Waals surface area contributed by atoms with Crippen molar-refractivity contribution in [2.45, 2.75) is 26.3 Å². The first-order valence-corrected chi connectivity index (χ1v) is 4.99. The molecule has 0 aliphatic rings. The van der Waals surface area contributed by atoms with Crippen LogP contribution in [-0.4, -0.2) is 22.7 Å². The van der Waals surface area contributed by atoms with Gasteiger partial charge in [0.2, 0.25) is 0 Å². The lowest BCUT2D eigenvalue weighted by Gasteiger charge is -2.19. The minimum absolute atomic E-state index is 0.206. The van der Waals surface area contributed by atoms with E-state index in [0.717, 1.165) is 4.43 Å². The average Bonchev–Trinajstić information content (AvgIpc) is 1.79. The lowest BCUT2D eigenvalue weighted by molar-refractivity contribution is 0.145. The fourth-order valence-electron chi connectivity index (χ4n) is 0.474. The number of carbonyl (C=O) groups is 1. The molecule has 0 atom stereocenters. The van der Waals surface area contributed by atoms with Crippen molar-refractivity contribution in [3.8, 4) is 0 Å². The summed E-state index contributed by atoms with van der Waals surface area (Å²) in [6.45, 7) is 6.22. The molecule has 0 saturated heterocycles. The van der Waals surface area contributed by atoms with E-state index in [2.05, 4.69) is 27.9 Å². The summed E-state index contributed by atoms with van der Waals surface area (Å²) < 4.78 is 5.64. The molecule has 0 aliphatic carbocycles. The molecule has 4 heteroatoms. The van der Waals surface area contributed by atoms with Gasteiger partial charge in [-0.05, 0) is 20.8 Å². The van der Waals surface area contributed by atoms with Crippen molar-refractivity contribution in [2.24, 2.45) is 0 Å². The molecular formula is C7H14INO2. The summed E-state index contributed by atoms with van der Waals surface area (Å²) in [6, 6.07) is 0. The Morgan fingerprint density at radius 1 is 1.55 bits per heavy atom. The lowest BCUT2D eigenvalue weighted by Crippen LogP contribution is -2.41. The molecule has 0 saturated carbocycles. The van der Waals surface area contributed by atoms with Crippen LogP contribution in [0.3, 0.4) is 0 Å². The van der Waals surface area contributed by atoms with Gasteiger partial charge in [0.25, 0.3) is 0 Å². The summed E-state index contributed by atoms with van der Waals surface area (Å²) in [7, 11) is 0. The summed E-state index contributed by atoms with van der Waals surface area (Å²) in [4.78, 5) is 10.9. The molecule has 0 fully saturated rings. The molecular weight excluding hydrogens is 257 g/mol. The largest absolute Gasteiger partial charge is 0.449 e. The van der Waals surface area contributed by atoms with Gasteiger partial charge in [0.05, 0.1) is 0 Å². The Kier molecular flexibility index (Phi) is 4.79. The molecule has 0 aromatic rings. The molecule has 1 amide bonds. The van der Waals surface area contributed by atoms with Crippen molar-refractivity contribution in [3.05, 3.63) is 0 Å². The van der Waals surface area contributed by atoms with Gasteiger partial charge in [-0.3, -0.25) is 0 Å². The molecule has 0 bridgehead atoms. The van der Waals surface area contributed by atoms with Crippen LogP contribution in [0.1, 0.15) is 20.8 Å². The van der Waals surface area contributed by atoms with E-state index in [0.29, 0.717) is 6.61 Å². The van der Waals surface area contributed by atoms with Gasteiger partial charge in [0.15, 0.2) is 0 Å². The van der Waals surface area contributed by atoms with Crippen molar-refractivity contribution in [2.75, 3.05) is 11.0 Å². The molecule has 66 valence electrons. The normalized spacial score (nSPS) is 10.9. The van der Waals surface area contributed by atoms with Gasteiger partial charge in [-0.2, -0.15) is 0 Å². The van der Waals surface area contributed by atoms with Gasteiger partial charge in [-0.15, -0.1) is 0 Å². The van der Waals surface area contributed by atoms with E-state index in [1.807, 2.05) is 20.8 Å². The summed E-state index contributed by atoms with van der Waals surface area (Å²) in [6.07, 6.45) is -0.339. The molecule has 0 heterocycles. The zero-order chi connectivity index (χ0) is 8.91. The number of halogens is 1. The van der Waals surface area contributed by atoms with Crippen LogP contribution in [0.2, 0.25) is 0 Å². The fourth-order valence-corrected chi connectivity index (χ4v) is 0.694. The van der Waals surface area contributed by atoms with Gasteiger partial charge < -0.3 is 10.1 Å². The maximum Gasteiger partial charge on any atom is 0.407 e. The minimum Gasteiger partial charge on any atom is -0.449 e. The maximum absolute atomic E-state index is 10.9. The predicted molar refractivity (Wildman–Crippen MR) is 53.1 cm³/mol. The molecule has 0 aliphatic heterocycles. The van der Waals surface area contributed by atoms with E-state index in [9.17, 15) is 4.79 Å². The third-order valence-corrected chi connectivity index (χ3v) is 1.23. The smallest absolute Gasteiger partial charge is 0.407 e. The SMILES string of the molecule is CC(C)(C)NC(=O)OCCI. The van der Waals surface area contributed by atoms with Crippen LogP contribution in [0.25, 0.3) is 0 Å². The van der Waals surface area contributed by atoms with Crippen LogP contribution in [0.5, 0.6) is 0 Å². The van der Waals surface area contributed by atoms with Crippen LogP contribution in [0.4, 0.5) is 4.79 Å². The number of carbonyl (C=O) groups excluding carboxylic acids is 1. The number of amides is 1. The van der Waals surface area contributed by atoms with E-state index in [1.165, 1.54) is 0 Å². The van der Waals surface area contributed by atoms with Gasteiger partial charge in [-0.25, -0.2) is 4.79 Å². The van der Waals surface area contributed by atoms with Crippen molar-refractivity contribution >= 4 is 28.7 Å². The van der Waals surface area contributed by atoms with Crippen LogP contribution in [-0.2, 0) is 4.74 Å². The minimum atomic E-state index is -0.339. The third kappa shape index (κ3) is 7.90. The molecule has 0 aromatic heterocycles. The Hall–Kier alpha value is 0. The summed E-state index contributed by atoms with van der Waals surface area (Å²) >= 11 is 2.15. The Morgan fingerprint density at radius 2 is 2.09 bits per heavy atom. The van der Waals surface area contributed by atoms with E-state index in [1.54, 1.807) is 0 Å². The number of hydrogen-bond acceptors (Lipinski definition) is 2. The zero-order valence-corrected chi connectivity index (χ0v) is 9.27. The maximum atomic E-state index is 10.9.